The number of aromatic nitrogens is 1. The van der Waals surface area contributed by atoms with Crippen LogP contribution in [0.25, 0.3) is 0 Å². The fraction of sp³-hybridized carbons (Fsp3) is 0.684. The monoisotopic (exact) mass is 475 g/mol. The van der Waals surface area contributed by atoms with E-state index in [0.717, 1.165) is 57.5 Å². The van der Waals surface area contributed by atoms with Gasteiger partial charge >= 0.3 is 0 Å². The average molecular weight is 475 g/mol. The number of nitrogens with one attached hydrogen (secondary N) is 1. The predicted octanol–water partition coefficient (Wildman–Crippen LogP) is 2.85. The molecule has 0 bridgehead atoms. The molecule has 1 fully saturated rings. The molecular weight excluding hydrogens is 441 g/mol. The lowest BCUT2D eigenvalue weighted by molar-refractivity contribution is 0.0257. The molecule has 1 aliphatic rings. The number of pyridine rings is 1. The van der Waals surface area contributed by atoms with Gasteiger partial charge in [-0.25, -0.2) is 4.98 Å². The van der Waals surface area contributed by atoms with E-state index < -0.39 is 0 Å². The molecule has 0 radical (unpaired) electrons. The largest absolute Gasteiger partial charge is 0.378 e. The molecule has 1 unspecified atom stereocenters. The Balaban J connectivity index is 0.00000338. The first-order chi connectivity index (χ1) is 12.2. The smallest absolute Gasteiger partial charge is 0.193 e. The summed E-state index contributed by atoms with van der Waals surface area (Å²) in [6, 6.07) is 6.07. The highest BCUT2D eigenvalue weighted by molar-refractivity contribution is 14.0. The maximum Gasteiger partial charge on any atom is 0.193 e. The summed E-state index contributed by atoms with van der Waals surface area (Å²) in [6.07, 6.45) is 3.15. The number of rotatable bonds is 7. The predicted molar refractivity (Wildman–Crippen MR) is 120 cm³/mol. The molecule has 1 N–H and O–H groups in total. The number of hydrogen-bond donors (Lipinski definition) is 1. The van der Waals surface area contributed by atoms with E-state index >= 15 is 0 Å². The molecule has 7 heteroatoms. The minimum atomic E-state index is 0. The van der Waals surface area contributed by atoms with Gasteiger partial charge in [-0.05, 0) is 31.4 Å². The topological polar surface area (TPSA) is 53.0 Å². The molecule has 1 aliphatic heterocycles. The number of piperazine rings is 1. The second-order valence-corrected chi connectivity index (χ2v) is 6.66. The van der Waals surface area contributed by atoms with Crippen LogP contribution in [-0.2, 0) is 4.74 Å². The van der Waals surface area contributed by atoms with Crippen LogP contribution in [0.2, 0.25) is 0 Å². The van der Waals surface area contributed by atoms with E-state index in [0.29, 0.717) is 12.0 Å². The zero-order valence-electron chi connectivity index (χ0n) is 16.5. The van der Waals surface area contributed by atoms with Crippen molar-refractivity contribution < 1.29 is 4.74 Å². The highest BCUT2D eigenvalue weighted by atomic mass is 127. The van der Waals surface area contributed by atoms with Crippen molar-refractivity contribution in [3.63, 3.8) is 0 Å². The van der Waals surface area contributed by atoms with Gasteiger partial charge in [0.25, 0.3) is 0 Å². The van der Waals surface area contributed by atoms with Crippen LogP contribution in [-0.4, -0.2) is 68.3 Å². The van der Waals surface area contributed by atoms with Gasteiger partial charge < -0.3 is 19.9 Å². The van der Waals surface area contributed by atoms with Crippen LogP contribution in [0, 0.1) is 5.92 Å². The quantitative estimate of drug-likeness (QED) is 0.374. The number of ether oxygens (including phenoxy) is 1. The second-order valence-electron chi connectivity index (χ2n) is 6.66. The van der Waals surface area contributed by atoms with Crippen LogP contribution < -0.4 is 10.2 Å². The van der Waals surface area contributed by atoms with E-state index in [1.165, 1.54) is 0 Å². The van der Waals surface area contributed by atoms with Crippen molar-refractivity contribution in [3.05, 3.63) is 24.4 Å². The number of halogens is 1. The molecule has 0 aliphatic carbocycles. The van der Waals surface area contributed by atoms with Gasteiger partial charge in [0, 0.05) is 52.6 Å². The molecule has 26 heavy (non-hydrogen) atoms. The molecule has 6 nitrogen and oxygen atoms in total. The third kappa shape index (κ3) is 6.90. The minimum absolute atomic E-state index is 0. The van der Waals surface area contributed by atoms with E-state index in [2.05, 4.69) is 51.9 Å². The van der Waals surface area contributed by atoms with E-state index in [4.69, 9.17) is 4.74 Å². The summed E-state index contributed by atoms with van der Waals surface area (Å²) in [5.74, 6) is 2.58. The van der Waals surface area contributed by atoms with Crippen LogP contribution in [0.4, 0.5) is 5.82 Å². The van der Waals surface area contributed by atoms with Crippen LogP contribution in [0.1, 0.15) is 27.2 Å². The number of nitrogens with zero attached hydrogens (tertiary/aromatic N) is 4. The van der Waals surface area contributed by atoms with Gasteiger partial charge in [-0.1, -0.05) is 19.9 Å². The summed E-state index contributed by atoms with van der Waals surface area (Å²) in [4.78, 5) is 13.5. The Hall–Kier alpha value is -1.09. The van der Waals surface area contributed by atoms with Crippen molar-refractivity contribution >= 4 is 35.8 Å². The summed E-state index contributed by atoms with van der Waals surface area (Å²) in [7, 11) is 1.86. The fourth-order valence-corrected chi connectivity index (χ4v) is 3.17. The Morgan fingerprint density at radius 1 is 1.27 bits per heavy atom. The first kappa shape index (κ1) is 23.0. The molecular formula is C19H34IN5O. The highest BCUT2D eigenvalue weighted by Crippen LogP contribution is 2.13. The molecule has 0 amide bonds. The first-order valence-corrected chi connectivity index (χ1v) is 9.38. The molecule has 2 heterocycles. The number of hydrogen-bond acceptors (Lipinski definition) is 4. The SMILES string of the molecule is CCOC(CCNC(=NC)N1CCN(c2ccccn2)CC1)C(C)C.I. The Kier molecular flexibility index (Phi) is 10.9. The molecule has 1 saturated heterocycles. The van der Waals surface area contributed by atoms with E-state index in [-0.39, 0.29) is 24.0 Å². The van der Waals surface area contributed by atoms with Crippen molar-refractivity contribution in [1.82, 2.24) is 15.2 Å². The molecule has 1 aromatic heterocycles. The molecule has 0 aromatic carbocycles. The summed E-state index contributed by atoms with van der Waals surface area (Å²) >= 11 is 0. The molecule has 0 spiro atoms. The number of guanidine groups is 1. The third-order valence-corrected chi connectivity index (χ3v) is 4.60. The van der Waals surface area contributed by atoms with Gasteiger partial charge in [0.1, 0.15) is 5.82 Å². The molecule has 1 aromatic rings. The van der Waals surface area contributed by atoms with Crippen molar-refractivity contribution in [1.29, 1.82) is 0 Å². The molecule has 2 rings (SSSR count). The lowest BCUT2D eigenvalue weighted by atomic mass is 10.0. The van der Waals surface area contributed by atoms with Gasteiger partial charge in [0.05, 0.1) is 6.10 Å². The van der Waals surface area contributed by atoms with Crippen LogP contribution in [0.3, 0.4) is 0 Å². The zero-order chi connectivity index (χ0) is 18.1. The maximum atomic E-state index is 5.82. The van der Waals surface area contributed by atoms with Gasteiger partial charge in [-0.3, -0.25) is 4.99 Å². The van der Waals surface area contributed by atoms with Crippen molar-refractivity contribution in [2.75, 3.05) is 51.3 Å². The average Bonchev–Trinajstić information content (AvgIpc) is 2.65. The maximum absolute atomic E-state index is 5.82. The van der Waals surface area contributed by atoms with Gasteiger partial charge in [0.2, 0.25) is 0 Å². The molecule has 0 saturated carbocycles. The Morgan fingerprint density at radius 3 is 2.54 bits per heavy atom. The summed E-state index contributed by atoms with van der Waals surface area (Å²) < 4.78 is 5.82. The molecule has 148 valence electrons. The lowest BCUT2D eigenvalue weighted by Crippen LogP contribution is -2.53. The van der Waals surface area contributed by atoms with Crippen LogP contribution in [0.15, 0.2) is 29.4 Å². The first-order valence-electron chi connectivity index (χ1n) is 9.38. The van der Waals surface area contributed by atoms with Crippen LogP contribution >= 0.6 is 24.0 Å². The molecule has 1 atom stereocenters. The third-order valence-electron chi connectivity index (χ3n) is 4.60. The fourth-order valence-electron chi connectivity index (χ4n) is 3.17. The van der Waals surface area contributed by atoms with Gasteiger partial charge in [0.15, 0.2) is 5.96 Å². The van der Waals surface area contributed by atoms with Crippen LogP contribution in [0.5, 0.6) is 0 Å². The standard InChI is InChI=1S/C19H33N5O.HI/c1-5-25-17(16(2)3)9-11-22-19(20-4)24-14-12-23(13-15-24)18-8-6-7-10-21-18;/h6-8,10,16-17H,5,9,11-15H2,1-4H3,(H,20,22);1H. The van der Waals surface area contributed by atoms with Crippen molar-refractivity contribution in [2.24, 2.45) is 10.9 Å². The Labute approximate surface area is 175 Å². The second kappa shape index (κ2) is 12.3. The van der Waals surface area contributed by atoms with E-state index in [9.17, 15) is 0 Å². The van der Waals surface area contributed by atoms with E-state index in [1.807, 2.05) is 25.4 Å². The van der Waals surface area contributed by atoms with Crippen molar-refractivity contribution in [3.8, 4) is 0 Å². The number of aliphatic imine (C=N–C) groups is 1. The Morgan fingerprint density at radius 2 is 2.00 bits per heavy atom. The lowest BCUT2D eigenvalue weighted by Gasteiger charge is -2.37. The summed E-state index contributed by atoms with van der Waals surface area (Å²) in [6.45, 7) is 12.0. The van der Waals surface area contributed by atoms with E-state index in [1.54, 1.807) is 0 Å². The highest BCUT2D eigenvalue weighted by Gasteiger charge is 2.20. The number of anilines is 1. The van der Waals surface area contributed by atoms with Crippen molar-refractivity contribution in [2.45, 2.75) is 33.3 Å². The van der Waals surface area contributed by atoms with Gasteiger partial charge in [-0.15, -0.1) is 24.0 Å². The summed E-state index contributed by atoms with van der Waals surface area (Å²) in [5.41, 5.74) is 0. The van der Waals surface area contributed by atoms with Gasteiger partial charge in [-0.2, -0.15) is 0 Å². The summed E-state index contributed by atoms with van der Waals surface area (Å²) in [5, 5.41) is 3.50. The zero-order valence-corrected chi connectivity index (χ0v) is 18.8. The normalized spacial score (nSPS) is 16.4. The minimum Gasteiger partial charge on any atom is -0.378 e. The Bertz CT molecular complexity index is 518.